The lowest BCUT2D eigenvalue weighted by Gasteiger charge is -2.35. The molecule has 0 amide bonds. The van der Waals surface area contributed by atoms with E-state index in [0.717, 1.165) is 133 Å². The second-order valence-electron chi connectivity index (χ2n) is 26.3. The Kier molecular flexibility index (Phi) is 14.5. The number of thiophene rings is 2. The van der Waals surface area contributed by atoms with Crippen molar-refractivity contribution in [3.05, 3.63) is 352 Å². The molecule has 9 heteroatoms. The monoisotopic (exact) mass is 1360 g/mol. The molecule has 480 valence electrons. The smallest absolute Gasteiger partial charge is 0.179 e. The quantitative estimate of drug-likeness (QED) is 0.0689. The number of benzene rings is 12. The molecule has 6 nitrogen and oxygen atoms in total. The van der Waals surface area contributed by atoms with Gasteiger partial charge in [-0.15, -0.1) is 22.7 Å². The Hall–Kier alpha value is -12.8. The summed E-state index contributed by atoms with van der Waals surface area (Å²) in [4.78, 5) is 32.9. The van der Waals surface area contributed by atoms with E-state index >= 15 is 0 Å². The van der Waals surface area contributed by atoms with E-state index in [2.05, 4.69) is 315 Å². The molecule has 8 heterocycles. The van der Waals surface area contributed by atoms with Crippen molar-refractivity contribution in [2.75, 3.05) is 0 Å². The summed E-state index contributed by atoms with van der Waals surface area (Å²) >= 11 is 3.65. The molecule has 0 radical (unpaired) electrons. The molecule has 0 atom stereocenters. The number of aromatic nitrogens is 6. The van der Waals surface area contributed by atoms with Crippen LogP contribution in [0, 0.1) is 0 Å². The van der Waals surface area contributed by atoms with Gasteiger partial charge in [0.1, 0.15) is 0 Å². The van der Waals surface area contributed by atoms with E-state index in [-0.39, 0.29) is 0 Å². The van der Waals surface area contributed by atoms with Gasteiger partial charge in [-0.05, 0) is 126 Å². The maximum absolute atomic E-state index is 5.78. The number of hydrogen-bond acceptors (Lipinski definition) is 8. The Morgan fingerprint density at radius 2 is 0.524 bits per heavy atom. The SMILES string of the molecule is c1ccc(-c2cc(-c3cccc4c3sc3ccccc34)nc3c2ccc2c(-c4cccc([Si](c5ccccc5)(c5ccccc5)c5cccc(-c6cc(-c7ccccn7)nc7c6ccc6c(-c8ccccc8)cc(-c8cccc9c8sc8ccccc89)nc67)c5)c4)cc(-c4ccccn4)nc23)cc1. The molecule has 0 aliphatic carbocycles. The van der Waals surface area contributed by atoms with E-state index in [1.807, 2.05) is 59.3 Å². The van der Waals surface area contributed by atoms with Crippen LogP contribution in [0.5, 0.6) is 0 Å². The molecule has 0 N–H and O–H groups in total. The van der Waals surface area contributed by atoms with Crippen LogP contribution >= 0.6 is 22.7 Å². The average molecular weight is 1360 g/mol. The van der Waals surface area contributed by atoms with Crippen LogP contribution in [0.25, 0.3) is 174 Å². The third kappa shape index (κ3) is 10.1. The zero-order valence-corrected chi connectivity index (χ0v) is 58.1. The van der Waals surface area contributed by atoms with E-state index in [9.17, 15) is 0 Å². The fourth-order valence-corrected chi connectivity index (χ4v) is 23.1. The molecule has 0 aliphatic rings. The maximum Gasteiger partial charge on any atom is 0.179 e. The summed E-state index contributed by atoms with van der Waals surface area (Å²) in [7, 11) is -3.33. The molecular weight excluding hydrogens is 1310 g/mol. The van der Waals surface area contributed by atoms with Crippen molar-refractivity contribution >= 4 is 135 Å². The van der Waals surface area contributed by atoms with Crippen molar-refractivity contribution in [2.24, 2.45) is 0 Å². The van der Waals surface area contributed by atoms with Crippen LogP contribution in [0.15, 0.2) is 352 Å². The lowest BCUT2D eigenvalue weighted by atomic mass is 9.94. The van der Waals surface area contributed by atoms with Gasteiger partial charge in [0.25, 0.3) is 0 Å². The Labute approximate surface area is 602 Å². The first kappa shape index (κ1) is 60.2. The van der Waals surface area contributed by atoms with Crippen LogP contribution in [-0.2, 0) is 0 Å². The van der Waals surface area contributed by atoms with Crippen LogP contribution in [-0.4, -0.2) is 38.0 Å². The van der Waals surface area contributed by atoms with E-state index in [1.165, 1.54) is 61.1 Å². The topological polar surface area (TPSA) is 77.3 Å². The van der Waals surface area contributed by atoms with Crippen LogP contribution in [0.2, 0.25) is 0 Å². The van der Waals surface area contributed by atoms with E-state index < -0.39 is 8.07 Å². The predicted octanol–water partition coefficient (Wildman–Crippen LogP) is 22.1. The lowest BCUT2D eigenvalue weighted by molar-refractivity contribution is 1.27. The third-order valence-corrected chi connectivity index (χ3v) is 27.7. The molecule has 0 bridgehead atoms. The lowest BCUT2D eigenvalue weighted by Crippen LogP contribution is -2.74. The zero-order chi connectivity index (χ0) is 68.0. The Morgan fingerprint density at radius 3 is 0.932 bits per heavy atom. The Bertz CT molecular complexity index is 6320. The summed E-state index contributed by atoms with van der Waals surface area (Å²) in [5.41, 5.74) is 19.0. The molecular formula is C94H58N6S2Si. The first-order valence-electron chi connectivity index (χ1n) is 34.7. The normalized spacial score (nSPS) is 11.9. The minimum atomic E-state index is -3.33. The van der Waals surface area contributed by atoms with E-state index in [4.69, 9.17) is 29.9 Å². The van der Waals surface area contributed by atoms with Crippen molar-refractivity contribution in [2.45, 2.75) is 0 Å². The van der Waals surface area contributed by atoms with Gasteiger partial charge in [-0.25, -0.2) is 19.9 Å². The fraction of sp³-hybridized carbons (Fsp3) is 0. The van der Waals surface area contributed by atoms with Gasteiger partial charge < -0.3 is 0 Å². The van der Waals surface area contributed by atoms with Crippen LogP contribution in [0.1, 0.15) is 0 Å². The average Bonchev–Trinajstić information content (AvgIpc) is 0.756. The molecule has 8 aromatic heterocycles. The largest absolute Gasteiger partial charge is 0.255 e. The molecule has 0 saturated carbocycles. The van der Waals surface area contributed by atoms with Crippen molar-refractivity contribution in [1.29, 1.82) is 0 Å². The van der Waals surface area contributed by atoms with Gasteiger partial charge in [0, 0.05) is 85.4 Å². The first-order valence-corrected chi connectivity index (χ1v) is 38.3. The molecule has 0 aliphatic heterocycles. The van der Waals surface area contributed by atoms with Crippen LogP contribution < -0.4 is 20.7 Å². The van der Waals surface area contributed by atoms with Gasteiger partial charge in [0.15, 0.2) is 8.07 Å². The van der Waals surface area contributed by atoms with Crippen molar-refractivity contribution in [3.63, 3.8) is 0 Å². The van der Waals surface area contributed by atoms with Crippen molar-refractivity contribution < 1.29 is 0 Å². The van der Waals surface area contributed by atoms with Gasteiger partial charge in [-0.3, -0.25) is 9.97 Å². The highest BCUT2D eigenvalue weighted by atomic mass is 32.1. The summed E-state index contributed by atoms with van der Waals surface area (Å²) in [6.07, 6.45) is 3.71. The zero-order valence-electron chi connectivity index (χ0n) is 55.5. The first-order chi connectivity index (χ1) is 51.1. The van der Waals surface area contributed by atoms with Gasteiger partial charge in [0.2, 0.25) is 0 Å². The molecule has 103 heavy (non-hydrogen) atoms. The second kappa shape index (κ2) is 24.8. The number of fused-ring (bicyclic) bond motifs is 12. The third-order valence-electron chi connectivity index (χ3n) is 20.5. The number of hydrogen-bond donors (Lipinski definition) is 0. The number of pyridine rings is 6. The van der Waals surface area contributed by atoms with E-state index in [0.29, 0.717) is 0 Å². The minimum absolute atomic E-state index is 0.766. The van der Waals surface area contributed by atoms with Crippen molar-refractivity contribution in [1.82, 2.24) is 29.9 Å². The maximum atomic E-state index is 5.78. The Balaban J connectivity index is 0.817. The summed E-state index contributed by atoms with van der Waals surface area (Å²) in [5.74, 6) is 0. The Morgan fingerprint density at radius 1 is 0.204 bits per heavy atom. The van der Waals surface area contributed by atoms with Gasteiger partial charge >= 0.3 is 0 Å². The summed E-state index contributed by atoms with van der Waals surface area (Å²) in [5, 5.41) is 14.0. The van der Waals surface area contributed by atoms with Gasteiger partial charge in [-0.1, -0.05) is 279 Å². The minimum Gasteiger partial charge on any atom is -0.255 e. The summed E-state index contributed by atoms with van der Waals surface area (Å²) in [6, 6.07) is 124. The van der Waals surface area contributed by atoms with E-state index in [1.54, 1.807) is 0 Å². The van der Waals surface area contributed by atoms with Gasteiger partial charge in [0.05, 0.1) is 56.2 Å². The van der Waals surface area contributed by atoms with Crippen LogP contribution in [0.3, 0.4) is 0 Å². The van der Waals surface area contributed by atoms with Crippen molar-refractivity contribution in [3.8, 4) is 89.8 Å². The molecule has 20 aromatic rings. The summed E-state index contributed by atoms with van der Waals surface area (Å²) < 4.78 is 4.92. The highest BCUT2D eigenvalue weighted by molar-refractivity contribution is 7.26. The highest BCUT2D eigenvalue weighted by Crippen LogP contribution is 2.46. The number of nitrogens with zero attached hydrogens (tertiary/aromatic N) is 6. The number of rotatable bonds is 12. The standard InChI is InChI=1S/C94H58N6S2Si/c1-5-25-59(26-6-1)77-55-83(75-41-23-39-73-67-37-13-15-45-87(67)101-93(73)75)97-89-69(77)47-49-71-79(57-85(99-91(71)89)81-43-17-19-51-95-81)61-29-21-35-65(53-61)103(63-31-9-3-10-32-63,64-33-11-4-12-34-64)66-36-22-30-62(54-66)80-58-86(82-44-18-20-52-96-82)100-92-72(80)50-48-70-78(60-27-7-2-8-28-60)56-84(98-90(70)92)76-42-24-40-74-68-38-14-16-46-88(68)102-94(74)76/h1-58H. The molecule has 20 rings (SSSR count). The molecule has 0 fully saturated rings. The summed E-state index contributed by atoms with van der Waals surface area (Å²) in [6.45, 7) is 0. The fourth-order valence-electron chi connectivity index (χ4n) is 15.8. The molecule has 0 saturated heterocycles. The second-order valence-corrected chi connectivity index (χ2v) is 32.2. The molecule has 0 unspecified atom stereocenters. The molecule has 0 spiro atoms. The predicted molar refractivity (Wildman–Crippen MR) is 436 cm³/mol. The molecule has 12 aromatic carbocycles. The highest BCUT2D eigenvalue weighted by Gasteiger charge is 2.42. The van der Waals surface area contributed by atoms with Gasteiger partial charge in [-0.2, -0.15) is 0 Å². The van der Waals surface area contributed by atoms with Crippen LogP contribution in [0.4, 0.5) is 0 Å².